The van der Waals surface area contributed by atoms with Gasteiger partial charge >= 0.3 is 0 Å². The first-order valence-corrected chi connectivity index (χ1v) is 7.59. The molecule has 18 heavy (non-hydrogen) atoms. The minimum Gasteiger partial charge on any atom is -0.393 e. The number of amides is 1. The second-order valence-electron chi connectivity index (χ2n) is 5.78. The fourth-order valence-corrected chi connectivity index (χ4v) is 2.77. The van der Waals surface area contributed by atoms with Gasteiger partial charge in [-0.05, 0) is 25.2 Å². The fourth-order valence-electron chi connectivity index (χ4n) is 2.77. The van der Waals surface area contributed by atoms with Crippen LogP contribution in [0.5, 0.6) is 0 Å². The minimum atomic E-state index is -0.279. The average molecular weight is 255 g/mol. The number of carbonyl (C=O) groups excluding carboxylic acids is 1. The third-order valence-corrected chi connectivity index (χ3v) is 4.11. The van der Waals surface area contributed by atoms with E-state index in [0.717, 1.165) is 18.8 Å². The zero-order valence-corrected chi connectivity index (χ0v) is 12.0. The molecule has 0 aromatic rings. The van der Waals surface area contributed by atoms with Crippen LogP contribution in [0.1, 0.15) is 65.2 Å². The number of hydrogen-bond donors (Lipinski definition) is 2. The van der Waals surface area contributed by atoms with Crippen molar-refractivity contribution in [2.75, 3.05) is 6.54 Å². The molecular weight excluding hydrogens is 226 g/mol. The summed E-state index contributed by atoms with van der Waals surface area (Å²) in [4.78, 5) is 11.9. The SMILES string of the molecule is CCC(O)CCNC(=O)C(C)CC1CCCCC1. The molecule has 2 unspecified atom stereocenters. The number of carbonyl (C=O) groups is 1. The molecule has 0 aromatic heterocycles. The summed E-state index contributed by atoms with van der Waals surface area (Å²) in [6.45, 7) is 4.58. The predicted molar refractivity (Wildman–Crippen MR) is 74.3 cm³/mol. The molecule has 1 aliphatic rings. The number of rotatable bonds is 7. The molecule has 1 rings (SSSR count). The first-order valence-electron chi connectivity index (χ1n) is 7.59. The molecule has 0 aromatic carbocycles. The van der Waals surface area contributed by atoms with E-state index in [9.17, 15) is 9.90 Å². The van der Waals surface area contributed by atoms with Crippen LogP contribution in [0.4, 0.5) is 0 Å². The molecule has 3 nitrogen and oxygen atoms in total. The largest absolute Gasteiger partial charge is 0.393 e. The van der Waals surface area contributed by atoms with Gasteiger partial charge in [0, 0.05) is 12.5 Å². The minimum absolute atomic E-state index is 0.117. The maximum Gasteiger partial charge on any atom is 0.222 e. The Labute approximate surface area is 111 Å². The molecule has 1 fully saturated rings. The summed E-state index contributed by atoms with van der Waals surface area (Å²) in [7, 11) is 0. The lowest BCUT2D eigenvalue weighted by molar-refractivity contribution is -0.125. The fraction of sp³-hybridized carbons (Fsp3) is 0.933. The molecular formula is C15H29NO2. The van der Waals surface area contributed by atoms with Gasteiger partial charge < -0.3 is 10.4 Å². The van der Waals surface area contributed by atoms with Crippen LogP contribution in [0.25, 0.3) is 0 Å². The van der Waals surface area contributed by atoms with Crippen LogP contribution >= 0.6 is 0 Å². The first-order chi connectivity index (χ1) is 8.63. The Balaban J connectivity index is 2.15. The number of hydrogen-bond acceptors (Lipinski definition) is 2. The molecule has 2 atom stereocenters. The van der Waals surface area contributed by atoms with Crippen LogP contribution in [0.2, 0.25) is 0 Å². The Hall–Kier alpha value is -0.570. The Morgan fingerprint density at radius 1 is 1.33 bits per heavy atom. The molecule has 0 aliphatic heterocycles. The highest BCUT2D eigenvalue weighted by Gasteiger charge is 2.20. The van der Waals surface area contributed by atoms with Gasteiger partial charge in [-0.1, -0.05) is 46.0 Å². The van der Waals surface area contributed by atoms with Gasteiger partial charge in [0.05, 0.1) is 6.10 Å². The van der Waals surface area contributed by atoms with Crippen LogP contribution in [0, 0.1) is 11.8 Å². The lowest BCUT2D eigenvalue weighted by Crippen LogP contribution is -2.32. The maximum absolute atomic E-state index is 11.9. The van der Waals surface area contributed by atoms with Gasteiger partial charge in [0.2, 0.25) is 5.91 Å². The quantitative estimate of drug-likeness (QED) is 0.735. The lowest BCUT2D eigenvalue weighted by atomic mass is 9.83. The third-order valence-electron chi connectivity index (χ3n) is 4.11. The van der Waals surface area contributed by atoms with Gasteiger partial charge in [0.15, 0.2) is 0 Å². The molecule has 1 amide bonds. The van der Waals surface area contributed by atoms with Crippen LogP contribution < -0.4 is 5.32 Å². The third kappa shape index (κ3) is 5.85. The highest BCUT2D eigenvalue weighted by atomic mass is 16.3. The zero-order chi connectivity index (χ0) is 13.4. The van der Waals surface area contributed by atoms with Gasteiger partial charge in [-0.3, -0.25) is 4.79 Å². The summed E-state index contributed by atoms with van der Waals surface area (Å²) in [5, 5.41) is 12.4. The van der Waals surface area contributed by atoms with Crippen molar-refractivity contribution in [1.82, 2.24) is 5.32 Å². The molecule has 0 saturated heterocycles. The molecule has 0 bridgehead atoms. The second kappa shape index (κ2) is 8.52. The van der Waals surface area contributed by atoms with Crippen LogP contribution in [-0.4, -0.2) is 23.7 Å². The number of nitrogens with one attached hydrogen (secondary N) is 1. The van der Waals surface area contributed by atoms with E-state index >= 15 is 0 Å². The van der Waals surface area contributed by atoms with Crippen molar-refractivity contribution >= 4 is 5.91 Å². The summed E-state index contributed by atoms with van der Waals surface area (Å²) >= 11 is 0. The molecule has 0 spiro atoms. The maximum atomic E-state index is 11.9. The smallest absolute Gasteiger partial charge is 0.222 e. The topological polar surface area (TPSA) is 49.3 Å². The van der Waals surface area contributed by atoms with E-state index < -0.39 is 0 Å². The van der Waals surface area contributed by atoms with Gasteiger partial charge in [-0.2, -0.15) is 0 Å². The highest BCUT2D eigenvalue weighted by Crippen LogP contribution is 2.28. The first kappa shape index (κ1) is 15.5. The molecule has 106 valence electrons. The van der Waals surface area contributed by atoms with E-state index in [1.807, 2.05) is 13.8 Å². The molecule has 1 aliphatic carbocycles. The number of aliphatic hydroxyl groups is 1. The Kier molecular flexibility index (Phi) is 7.33. The van der Waals surface area contributed by atoms with E-state index in [1.165, 1.54) is 32.1 Å². The highest BCUT2D eigenvalue weighted by molar-refractivity contribution is 5.78. The molecule has 3 heteroatoms. The molecule has 0 heterocycles. The molecule has 2 N–H and O–H groups in total. The lowest BCUT2D eigenvalue weighted by Gasteiger charge is -2.24. The van der Waals surface area contributed by atoms with Crippen molar-refractivity contribution in [3.63, 3.8) is 0 Å². The Morgan fingerprint density at radius 3 is 2.61 bits per heavy atom. The van der Waals surface area contributed by atoms with Crippen molar-refractivity contribution in [3.8, 4) is 0 Å². The van der Waals surface area contributed by atoms with Crippen molar-refractivity contribution in [1.29, 1.82) is 0 Å². The molecule has 1 saturated carbocycles. The van der Waals surface area contributed by atoms with Crippen LogP contribution in [0.15, 0.2) is 0 Å². The van der Waals surface area contributed by atoms with Crippen molar-refractivity contribution in [2.45, 2.75) is 71.3 Å². The van der Waals surface area contributed by atoms with Gasteiger partial charge in [-0.25, -0.2) is 0 Å². The Bertz CT molecular complexity index is 237. The standard InChI is InChI=1S/C15H29NO2/c1-3-14(17)9-10-16-15(18)12(2)11-13-7-5-4-6-8-13/h12-14,17H,3-11H2,1-2H3,(H,16,18). The van der Waals surface area contributed by atoms with E-state index in [4.69, 9.17) is 0 Å². The predicted octanol–water partition coefficient (Wildman–Crippen LogP) is 2.87. The second-order valence-corrected chi connectivity index (χ2v) is 5.78. The normalized spacial score (nSPS) is 20.4. The summed E-state index contributed by atoms with van der Waals surface area (Å²) in [6.07, 6.45) is 8.81. The summed E-state index contributed by atoms with van der Waals surface area (Å²) in [6, 6.07) is 0. The molecule has 0 radical (unpaired) electrons. The van der Waals surface area contributed by atoms with E-state index in [0.29, 0.717) is 13.0 Å². The number of aliphatic hydroxyl groups excluding tert-OH is 1. The van der Waals surface area contributed by atoms with Gasteiger partial charge in [0.1, 0.15) is 0 Å². The summed E-state index contributed by atoms with van der Waals surface area (Å²) in [5.74, 6) is 1.02. The van der Waals surface area contributed by atoms with Crippen LogP contribution in [0.3, 0.4) is 0 Å². The average Bonchev–Trinajstić information content (AvgIpc) is 2.39. The van der Waals surface area contributed by atoms with Gasteiger partial charge in [-0.15, -0.1) is 0 Å². The zero-order valence-electron chi connectivity index (χ0n) is 12.0. The van der Waals surface area contributed by atoms with Crippen molar-refractivity contribution in [2.24, 2.45) is 11.8 Å². The Morgan fingerprint density at radius 2 is 2.00 bits per heavy atom. The van der Waals surface area contributed by atoms with E-state index in [2.05, 4.69) is 5.32 Å². The van der Waals surface area contributed by atoms with E-state index in [-0.39, 0.29) is 17.9 Å². The van der Waals surface area contributed by atoms with E-state index in [1.54, 1.807) is 0 Å². The van der Waals surface area contributed by atoms with Crippen LogP contribution in [-0.2, 0) is 4.79 Å². The van der Waals surface area contributed by atoms with Gasteiger partial charge in [0.25, 0.3) is 0 Å². The summed E-state index contributed by atoms with van der Waals surface area (Å²) < 4.78 is 0. The summed E-state index contributed by atoms with van der Waals surface area (Å²) in [5.41, 5.74) is 0. The van der Waals surface area contributed by atoms with Crippen molar-refractivity contribution in [3.05, 3.63) is 0 Å². The van der Waals surface area contributed by atoms with Crippen molar-refractivity contribution < 1.29 is 9.90 Å². The monoisotopic (exact) mass is 255 g/mol.